The van der Waals surface area contributed by atoms with Crippen LogP contribution in [0.2, 0.25) is 0 Å². The van der Waals surface area contributed by atoms with Crippen LogP contribution >= 0.6 is 0 Å². The minimum Gasteiger partial charge on any atom is -0.495 e. The van der Waals surface area contributed by atoms with Crippen molar-refractivity contribution in [2.75, 3.05) is 19.0 Å². The number of nitrogens with one attached hydrogen (secondary N) is 1. The number of methoxy groups -OCH3 is 1. The van der Waals surface area contributed by atoms with Gasteiger partial charge in [-0.15, -0.1) is 0 Å². The summed E-state index contributed by atoms with van der Waals surface area (Å²) in [6, 6.07) is 11.9. The van der Waals surface area contributed by atoms with Crippen molar-refractivity contribution in [2.45, 2.75) is 32.2 Å². The van der Waals surface area contributed by atoms with Gasteiger partial charge in [0.1, 0.15) is 11.4 Å². The summed E-state index contributed by atoms with van der Waals surface area (Å²) in [5.41, 5.74) is 2.21. The molecule has 0 aliphatic heterocycles. The van der Waals surface area contributed by atoms with Crippen molar-refractivity contribution in [3.05, 3.63) is 66.2 Å². The smallest absolute Gasteiger partial charge is 0.228 e. The van der Waals surface area contributed by atoms with E-state index in [1.807, 2.05) is 42.9 Å². The molecule has 1 aromatic carbocycles. The van der Waals surface area contributed by atoms with Crippen molar-refractivity contribution in [3.63, 3.8) is 0 Å². The molecule has 0 spiro atoms. The second kappa shape index (κ2) is 8.18. The Labute approximate surface area is 176 Å². The topological polar surface area (TPSA) is 78.3 Å². The minimum absolute atomic E-state index is 0.0431. The van der Waals surface area contributed by atoms with Crippen molar-refractivity contribution in [3.8, 4) is 11.5 Å². The van der Waals surface area contributed by atoms with Gasteiger partial charge < -0.3 is 14.8 Å². The van der Waals surface area contributed by atoms with Crippen LogP contribution in [0.1, 0.15) is 24.6 Å². The molecule has 0 saturated heterocycles. The van der Waals surface area contributed by atoms with E-state index in [2.05, 4.69) is 27.5 Å². The van der Waals surface area contributed by atoms with Crippen LogP contribution in [-0.2, 0) is 16.8 Å². The summed E-state index contributed by atoms with van der Waals surface area (Å²) in [6.07, 6.45) is 5.86. The number of nitrogens with zero attached hydrogens (tertiary/aromatic N) is 3. The lowest BCUT2D eigenvalue weighted by molar-refractivity contribution is -0.117. The lowest BCUT2D eigenvalue weighted by Crippen LogP contribution is -2.26. The Morgan fingerprint density at radius 1 is 1.30 bits per heavy atom. The summed E-state index contributed by atoms with van der Waals surface area (Å²) < 4.78 is 13.2. The molecule has 2 atom stereocenters. The lowest BCUT2D eigenvalue weighted by Gasteiger charge is -2.19. The first kappa shape index (κ1) is 19.9. The molecule has 2 aromatic heterocycles. The molecule has 7 heteroatoms. The largest absolute Gasteiger partial charge is 0.495 e. The molecule has 30 heavy (non-hydrogen) atoms. The van der Waals surface area contributed by atoms with Crippen LogP contribution in [0.4, 0.5) is 5.69 Å². The third-order valence-corrected chi connectivity index (χ3v) is 5.67. The summed E-state index contributed by atoms with van der Waals surface area (Å²) in [7, 11) is 1.57. The average Bonchev–Trinajstić information content (AvgIpc) is 3.42. The van der Waals surface area contributed by atoms with Crippen LogP contribution in [0.15, 0.2) is 55.0 Å². The van der Waals surface area contributed by atoms with Gasteiger partial charge in [0.2, 0.25) is 5.91 Å². The molecular formula is C23H26N4O3. The molecule has 0 bridgehead atoms. The predicted molar refractivity (Wildman–Crippen MR) is 114 cm³/mol. The number of benzene rings is 1. The number of rotatable bonds is 8. The minimum atomic E-state index is -0.363. The van der Waals surface area contributed by atoms with Crippen molar-refractivity contribution in [2.24, 2.45) is 5.92 Å². The molecule has 1 aliphatic carbocycles. The Balaban J connectivity index is 1.53. The van der Waals surface area contributed by atoms with Gasteiger partial charge in [-0.3, -0.25) is 14.5 Å². The lowest BCUT2D eigenvalue weighted by atomic mass is 9.93. The first-order chi connectivity index (χ1) is 14.6. The summed E-state index contributed by atoms with van der Waals surface area (Å²) in [4.78, 5) is 17.1. The van der Waals surface area contributed by atoms with Gasteiger partial charge in [-0.1, -0.05) is 30.3 Å². The second-order valence-electron chi connectivity index (χ2n) is 7.60. The monoisotopic (exact) mass is 406 g/mol. The Morgan fingerprint density at radius 3 is 2.80 bits per heavy atom. The van der Waals surface area contributed by atoms with E-state index in [0.717, 1.165) is 30.0 Å². The van der Waals surface area contributed by atoms with Gasteiger partial charge in [-0.25, -0.2) is 0 Å². The Kier molecular flexibility index (Phi) is 5.44. The number of carbonyl (C=O) groups is 1. The van der Waals surface area contributed by atoms with Crippen molar-refractivity contribution >= 4 is 11.6 Å². The molecular weight excluding hydrogens is 380 g/mol. The number of ether oxygens (including phenoxy) is 2. The number of hydrogen-bond acceptors (Lipinski definition) is 5. The molecule has 2 unspecified atom stereocenters. The number of carbonyl (C=O) groups excluding carboxylic acids is 1. The maximum atomic E-state index is 13.0. The van der Waals surface area contributed by atoms with E-state index < -0.39 is 0 Å². The van der Waals surface area contributed by atoms with E-state index in [0.29, 0.717) is 18.0 Å². The molecule has 4 rings (SSSR count). The van der Waals surface area contributed by atoms with Crippen molar-refractivity contribution in [1.29, 1.82) is 0 Å². The zero-order valence-electron chi connectivity index (χ0n) is 17.5. The Bertz CT molecular complexity index is 1030. The van der Waals surface area contributed by atoms with E-state index in [4.69, 9.17) is 9.47 Å². The zero-order valence-corrected chi connectivity index (χ0v) is 17.5. The first-order valence-corrected chi connectivity index (χ1v) is 10.1. The fourth-order valence-corrected chi connectivity index (χ4v) is 3.82. The predicted octanol–water partition coefficient (Wildman–Crippen LogP) is 3.59. The second-order valence-corrected chi connectivity index (χ2v) is 7.60. The molecule has 1 saturated carbocycles. The number of aromatic nitrogens is 3. The highest BCUT2D eigenvalue weighted by Crippen LogP contribution is 2.55. The Morgan fingerprint density at radius 2 is 2.10 bits per heavy atom. The van der Waals surface area contributed by atoms with Crippen LogP contribution in [0, 0.1) is 12.8 Å². The van der Waals surface area contributed by atoms with Crippen LogP contribution in [-0.4, -0.2) is 34.4 Å². The van der Waals surface area contributed by atoms with Gasteiger partial charge in [-0.05, 0) is 25.8 Å². The van der Waals surface area contributed by atoms with Crippen LogP contribution in [0.5, 0.6) is 11.5 Å². The molecule has 7 nitrogen and oxygen atoms in total. The quantitative estimate of drug-likeness (QED) is 0.619. The normalized spacial score (nSPS) is 19.9. The van der Waals surface area contributed by atoms with Crippen LogP contribution in [0.25, 0.3) is 0 Å². The van der Waals surface area contributed by atoms with Gasteiger partial charge in [0, 0.05) is 18.0 Å². The van der Waals surface area contributed by atoms with Gasteiger partial charge in [0.05, 0.1) is 43.9 Å². The zero-order chi connectivity index (χ0) is 21.1. The molecule has 1 amide bonds. The van der Waals surface area contributed by atoms with Gasteiger partial charge in [0.15, 0.2) is 5.75 Å². The number of pyridine rings is 1. The summed E-state index contributed by atoms with van der Waals surface area (Å²) in [6.45, 7) is 5.18. The molecule has 156 valence electrons. The maximum Gasteiger partial charge on any atom is 0.228 e. The number of hydrogen-bond donors (Lipinski definition) is 1. The molecule has 3 aromatic rings. The van der Waals surface area contributed by atoms with E-state index in [-0.39, 0.29) is 17.2 Å². The average molecular weight is 406 g/mol. The van der Waals surface area contributed by atoms with E-state index in [1.165, 1.54) is 0 Å². The third kappa shape index (κ3) is 3.87. The molecule has 1 fully saturated rings. The Hall–Kier alpha value is -3.35. The SMILES string of the molecule is CCn1cc(OCC2(c3ccccc3)CC2C(=O)Nc2cncc(OC)c2)c(C)n1. The summed E-state index contributed by atoms with van der Waals surface area (Å²) in [5.74, 6) is 1.13. The highest BCUT2D eigenvalue weighted by molar-refractivity contribution is 5.96. The van der Waals surface area contributed by atoms with Crippen LogP contribution < -0.4 is 14.8 Å². The number of amides is 1. The highest BCUT2D eigenvalue weighted by Gasteiger charge is 2.60. The highest BCUT2D eigenvalue weighted by atomic mass is 16.5. The first-order valence-electron chi connectivity index (χ1n) is 10.1. The molecule has 2 heterocycles. The molecule has 1 N–H and O–H groups in total. The van der Waals surface area contributed by atoms with Crippen LogP contribution in [0.3, 0.4) is 0 Å². The number of anilines is 1. The van der Waals surface area contributed by atoms with Gasteiger partial charge in [0.25, 0.3) is 0 Å². The summed E-state index contributed by atoms with van der Waals surface area (Å²) in [5, 5.41) is 7.42. The number of aryl methyl sites for hydroxylation is 2. The summed E-state index contributed by atoms with van der Waals surface area (Å²) >= 11 is 0. The molecule has 0 radical (unpaired) electrons. The van der Waals surface area contributed by atoms with E-state index in [9.17, 15) is 4.79 Å². The standard InChI is InChI=1S/C23H26N4O3/c1-4-27-14-21(16(2)26-27)30-15-23(17-8-6-5-7-9-17)11-20(23)22(28)25-18-10-19(29-3)13-24-12-18/h5-10,12-14,20H,4,11,15H2,1-3H3,(H,25,28). The third-order valence-electron chi connectivity index (χ3n) is 5.67. The molecule has 1 aliphatic rings. The van der Waals surface area contributed by atoms with Gasteiger partial charge in [-0.2, -0.15) is 5.10 Å². The fourth-order valence-electron chi connectivity index (χ4n) is 3.82. The maximum absolute atomic E-state index is 13.0. The fraction of sp³-hybridized carbons (Fsp3) is 0.348. The van der Waals surface area contributed by atoms with E-state index in [1.54, 1.807) is 25.6 Å². The van der Waals surface area contributed by atoms with Crippen molar-refractivity contribution < 1.29 is 14.3 Å². The van der Waals surface area contributed by atoms with E-state index >= 15 is 0 Å². The van der Waals surface area contributed by atoms with Crippen molar-refractivity contribution in [1.82, 2.24) is 14.8 Å². The van der Waals surface area contributed by atoms with Gasteiger partial charge >= 0.3 is 0 Å².